The van der Waals surface area contributed by atoms with Crippen molar-refractivity contribution in [1.29, 1.82) is 0 Å². The molecule has 4 aromatic rings. The second kappa shape index (κ2) is 22.0. The summed E-state index contributed by atoms with van der Waals surface area (Å²) in [5.41, 5.74) is 1.35. The topological polar surface area (TPSA) is 0 Å². The molecule has 29 heavy (non-hydrogen) atoms. The van der Waals surface area contributed by atoms with Gasteiger partial charge in [0, 0.05) is 0 Å². The molecule has 4 heteroatoms. The second-order valence-electron chi connectivity index (χ2n) is 5.82. The van der Waals surface area contributed by atoms with Gasteiger partial charge in [-0.3, -0.25) is 0 Å². The molecule has 2 radical (unpaired) electrons. The van der Waals surface area contributed by atoms with Crippen molar-refractivity contribution in [3.05, 3.63) is 98.3 Å². The number of hydrogen-bond acceptors (Lipinski definition) is 0. The molecule has 0 saturated carbocycles. The first-order valence-corrected chi connectivity index (χ1v) is 13.4. The standard InChI is InChI=1S/C10H9.C9H7.2C3H7.2ClH.Si.Zr/c1-8-6-9-4-2-3-5-10(9)7-8;1-2-5-9-7-3-6-8(9)4-1;2*1-3-2;;;;/h2-7H,1H3;1-7H;2*1,3H2,2H3;2*1H;;/q4*-1;;;;. The third-order valence-electron chi connectivity index (χ3n) is 3.31. The van der Waals surface area contributed by atoms with Crippen molar-refractivity contribution >= 4 is 53.2 Å². The Labute approximate surface area is 207 Å². The van der Waals surface area contributed by atoms with Crippen LogP contribution in [-0.2, 0) is 23.3 Å². The average Bonchev–Trinajstić information content (AvgIpc) is 3.30. The van der Waals surface area contributed by atoms with Gasteiger partial charge < -0.3 is 13.8 Å². The summed E-state index contributed by atoms with van der Waals surface area (Å²) in [6.45, 7) is 16.2. The molecule has 0 bridgehead atoms. The molecule has 0 heterocycles. The molecule has 0 saturated heterocycles. The molecule has 0 amide bonds. The van der Waals surface area contributed by atoms with E-state index in [0.717, 1.165) is 12.8 Å². The van der Waals surface area contributed by atoms with Gasteiger partial charge in [-0.15, -0.1) is 95.1 Å². The number of benzene rings is 2. The summed E-state index contributed by atoms with van der Waals surface area (Å²) in [4.78, 5) is 0. The summed E-state index contributed by atoms with van der Waals surface area (Å²) >= 11 is 1.36. The van der Waals surface area contributed by atoms with E-state index < -0.39 is 0 Å². The zero-order valence-corrected chi connectivity index (χ0v) is 22.7. The minimum Gasteiger partial charge on any atom is -0.168 e. The SMILES string of the molecule is Cc1cc2ccccc2[cH-]1.Cl.Cl.[CH2-]CC.[CH2-]CC.[Si]=[Zr].c1ccc2[cH-]ccc2c1. The van der Waals surface area contributed by atoms with E-state index in [-0.39, 0.29) is 24.8 Å². The summed E-state index contributed by atoms with van der Waals surface area (Å²) in [5.74, 6) is 0. The minimum absolute atomic E-state index is 0. The van der Waals surface area contributed by atoms with Gasteiger partial charge >= 0.3 is 30.2 Å². The van der Waals surface area contributed by atoms with E-state index in [1.807, 2.05) is 13.8 Å². The summed E-state index contributed by atoms with van der Waals surface area (Å²) in [6, 6.07) is 27.5. The van der Waals surface area contributed by atoms with Crippen LogP contribution in [0.1, 0.15) is 32.3 Å². The van der Waals surface area contributed by atoms with Gasteiger partial charge in [-0.1, -0.05) is 32.9 Å². The van der Waals surface area contributed by atoms with E-state index in [1.165, 1.54) is 50.4 Å². The Hall–Kier alpha value is -0.660. The van der Waals surface area contributed by atoms with Crippen LogP contribution in [0, 0.1) is 20.8 Å². The van der Waals surface area contributed by atoms with Crippen molar-refractivity contribution in [3.8, 4) is 0 Å². The molecule has 0 atom stereocenters. The number of rotatable bonds is 0. The second-order valence-corrected chi connectivity index (χ2v) is 5.82. The molecule has 0 aliphatic rings. The van der Waals surface area contributed by atoms with E-state index in [0.29, 0.717) is 0 Å². The monoisotopic (exact) mass is 520 g/mol. The Morgan fingerprint density at radius 2 is 1.24 bits per heavy atom. The van der Waals surface area contributed by atoms with Crippen molar-refractivity contribution < 1.29 is 23.3 Å². The normalized spacial score (nSPS) is 8.14. The van der Waals surface area contributed by atoms with Crippen LogP contribution in [0.25, 0.3) is 21.5 Å². The van der Waals surface area contributed by atoms with Crippen LogP contribution >= 0.6 is 24.8 Å². The van der Waals surface area contributed by atoms with Crippen molar-refractivity contribution in [2.45, 2.75) is 33.6 Å². The number of hydrogen-bond donors (Lipinski definition) is 0. The largest absolute Gasteiger partial charge is 0.168 e. The van der Waals surface area contributed by atoms with Crippen LogP contribution in [0.15, 0.2) is 78.9 Å². The van der Waals surface area contributed by atoms with Gasteiger partial charge in [0.25, 0.3) is 0 Å². The molecule has 4 rings (SSSR count). The molecule has 158 valence electrons. The molecular weight excluding hydrogens is 490 g/mol. The van der Waals surface area contributed by atoms with E-state index >= 15 is 0 Å². The van der Waals surface area contributed by atoms with E-state index in [2.05, 4.69) is 107 Å². The Balaban J connectivity index is -0.000000330. The predicted molar refractivity (Wildman–Crippen MR) is 135 cm³/mol. The Kier molecular flexibility index (Phi) is 25.1. The first-order valence-electron chi connectivity index (χ1n) is 9.22. The molecule has 0 aromatic heterocycles. The first-order chi connectivity index (χ1) is 13.2. The molecule has 0 aliphatic heterocycles. The van der Waals surface area contributed by atoms with E-state index in [9.17, 15) is 0 Å². The summed E-state index contributed by atoms with van der Waals surface area (Å²) in [6.07, 6.45) is 2.00. The Bertz CT molecular complexity index is 787. The molecule has 4 aromatic carbocycles. The zero-order valence-electron chi connectivity index (χ0n) is 17.7. The van der Waals surface area contributed by atoms with Crippen LogP contribution in [0.5, 0.6) is 0 Å². The Morgan fingerprint density at radius 1 is 0.793 bits per heavy atom. The average molecular weight is 523 g/mol. The summed E-state index contributed by atoms with van der Waals surface area (Å²) in [5, 5.41) is 5.36. The van der Waals surface area contributed by atoms with Crippen molar-refractivity contribution in [2.24, 2.45) is 0 Å². The minimum atomic E-state index is 0. The molecule has 0 unspecified atom stereocenters. The van der Waals surface area contributed by atoms with Gasteiger partial charge in [0.1, 0.15) is 0 Å². The fraction of sp³-hybridized carbons (Fsp3) is 0.200. The van der Waals surface area contributed by atoms with Crippen LogP contribution in [-0.4, -0.2) is 6.88 Å². The van der Waals surface area contributed by atoms with Crippen molar-refractivity contribution in [1.82, 2.24) is 0 Å². The van der Waals surface area contributed by atoms with Crippen molar-refractivity contribution in [3.63, 3.8) is 0 Å². The van der Waals surface area contributed by atoms with Gasteiger partial charge in [-0.25, -0.2) is 0 Å². The van der Waals surface area contributed by atoms with E-state index in [1.54, 1.807) is 0 Å². The third-order valence-corrected chi connectivity index (χ3v) is 3.31. The summed E-state index contributed by atoms with van der Waals surface area (Å²) in [7, 11) is 0. The Morgan fingerprint density at radius 3 is 1.72 bits per heavy atom. The van der Waals surface area contributed by atoms with Crippen LogP contribution < -0.4 is 0 Å². The maximum absolute atomic E-state index is 3.49. The van der Waals surface area contributed by atoms with Gasteiger partial charge in [0.15, 0.2) is 0 Å². The molecule has 0 N–H and O–H groups in total. The van der Waals surface area contributed by atoms with Crippen LogP contribution in [0.2, 0.25) is 0 Å². The van der Waals surface area contributed by atoms with Crippen LogP contribution in [0.4, 0.5) is 0 Å². The van der Waals surface area contributed by atoms with Gasteiger partial charge in [0.2, 0.25) is 0 Å². The number of aryl methyl sites for hydroxylation is 1. The van der Waals surface area contributed by atoms with Gasteiger partial charge in [-0.2, -0.15) is 36.4 Å². The smallest absolute Gasteiger partial charge is 0.0809 e. The maximum Gasteiger partial charge on any atom is -0.0809 e. The number of fused-ring (bicyclic) bond motifs is 2. The van der Waals surface area contributed by atoms with Crippen LogP contribution in [0.3, 0.4) is 0 Å². The molecule has 0 spiro atoms. The third kappa shape index (κ3) is 14.1. The summed E-state index contributed by atoms with van der Waals surface area (Å²) < 4.78 is 0. The van der Waals surface area contributed by atoms with Crippen molar-refractivity contribution in [2.75, 3.05) is 0 Å². The zero-order chi connectivity index (χ0) is 20.5. The molecule has 0 aliphatic carbocycles. The fourth-order valence-corrected chi connectivity index (χ4v) is 2.38. The molecule has 0 nitrogen and oxygen atoms in total. The molecular formula is C25H32Cl2SiZr-4. The maximum atomic E-state index is 3.49. The first kappa shape index (κ1) is 33.0. The van der Waals surface area contributed by atoms with Gasteiger partial charge in [-0.05, 0) is 0 Å². The quantitative estimate of drug-likeness (QED) is 0.161. The number of halogens is 2. The predicted octanol–water partition coefficient (Wildman–Crippen LogP) is 8.35. The fourth-order valence-electron chi connectivity index (χ4n) is 2.38. The van der Waals surface area contributed by atoms with E-state index in [4.69, 9.17) is 0 Å². The van der Waals surface area contributed by atoms with Gasteiger partial charge in [0.05, 0.1) is 0 Å². The molecule has 0 fully saturated rings.